The van der Waals surface area contributed by atoms with Crippen molar-refractivity contribution in [3.05, 3.63) is 54.2 Å². The Morgan fingerprint density at radius 2 is 1.94 bits per heavy atom. The summed E-state index contributed by atoms with van der Waals surface area (Å²) in [7, 11) is 0. The lowest BCUT2D eigenvalue weighted by Crippen LogP contribution is -2.47. The molecule has 0 amide bonds. The normalized spacial score (nSPS) is 14.8. The van der Waals surface area contributed by atoms with Gasteiger partial charge in [-0.3, -0.25) is 9.89 Å². The third kappa shape index (κ3) is 7.00. The van der Waals surface area contributed by atoms with E-state index in [1.54, 1.807) is 24.5 Å². The van der Waals surface area contributed by atoms with Crippen LogP contribution in [-0.4, -0.2) is 78.2 Å². The lowest BCUT2D eigenvalue weighted by atomic mass is 10.1. The van der Waals surface area contributed by atoms with Gasteiger partial charge in [0.25, 0.3) is 0 Å². The molecule has 1 aliphatic rings. The van der Waals surface area contributed by atoms with Crippen molar-refractivity contribution in [2.24, 2.45) is 4.99 Å². The number of fused-ring (bicyclic) bond motifs is 1. The molecule has 33 heavy (non-hydrogen) atoms. The largest absolute Gasteiger partial charge is 0.361 e. The van der Waals surface area contributed by atoms with E-state index >= 15 is 0 Å². The second-order valence-corrected chi connectivity index (χ2v) is 7.82. The number of piperazine rings is 1. The molecule has 1 fully saturated rings. The maximum absolute atomic E-state index is 13.6. The molecule has 178 valence electrons. The van der Waals surface area contributed by atoms with E-state index in [9.17, 15) is 4.39 Å². The van der Waals surface area contributed by atoms with E-state index in [0.717, 1.165) is 87.2 Å². The highest BCUT2D eigenvalue weighted by Gasteiger charge is 2.18. The Morgan fingerprint density at radius 1 is 1.15 bits per heavy atom. The standard InChI is InChI=1S/C23H31FN8.HI/c1-2-25-22(26-9-6-18-17-30-21-5-4-19(24)16-20(18)21)27-10-11-31-12-14-32(15-13-31)23-28-7-3-8-29-23;/h3-5,7-8,16-17,30H,2,6,9-15H2,1H3,(H2,25,26,27);1H. The summed E-state index contributed by atoms with van der Waals surface area (Å²) in [5, 5.41) is 7.63. The first-order chi connectivity index (χ1) is 15.7. The van der Waals surface area contributed by atoms with Crippen molar-refractivity contribution in [2.75, 3.05) is 57.3 Å². The van der Waals surface area contributed by atoms with Crippen LogP contribution in [0.5, 0.6) is 0 Å². The molecule has 0 bridgehead atoms. The minimum Gasteiger partial charge on any atom is -0.361 e. The van der Waals surface area contributed by atoms with Gasteiger partial charge in [-0.05, 0) is 43.2 Å². The Labute approximate surface area is 211 Å². The minimum atomic E-state index is -0.210. The summed E-state index contributed by atoms with van der Waals surface area (Å²) in [5.41, 5.74) is 2.06. The van der Waals surface area contributed by atoms with Crippen LogP contribution < -0.4 is 15.5 Å². The molecule has 0 aliphatic carbocycles. The second-order valence-electron chi connectivity index (χ2n) is 7.82. The van der Waals surface area contributed by atoms with E-state index in [1.165, 1.54) is 6.07 Å². The average molecular weight is 566 g/mol. The number of hydrogen-bond donors (Lipinski definition) is 3. The van der Waals surface area contributed by atoms with Crippen LogP contribution >= 0.6 is 24.0 Å². The van der Waals surface area contributed by atoms with Crippen molar-refractivity contribution in [2.45, 2.75) is 13.3 Å². The SMILES string of the molecule is CCNC(=NCCN1CCN(c2ncccn2)CC1)NCCc1c[nH]c2ccc(F)cc12.I. The van der Waals surface area contributed by atoms with Gasteiger partial charge in [0.2, 0.25) is 5.95 Å². The lowest BCUT2D eigenvalue weighted by Gasteiger charge is -2.34. The first-order valence-electron chi connectivity index (χ1n) is 11.2. The summed E-state index contributed by atoms with van der Waals surface area (Å²) in [6, 6.07) is 6.68. The number of aliphatic imine (C=N–C) groups is 1. The van der Waals surface area contributed by atoms with Gasteiger partial charge in [0.05, 0.1) is 6.54 Å². The fourth-order valence-corrected chi connectivity index (χ4v) is 3.94. The molecule has 0 saturated carbocycles. The fourth-order valence-electron chi connectivity index (χ4n) is 3.94. The summed E-state index contributed by atoms with van der Waals surface area (Å²) in [5.74, 6) is 1.41. The molecule has 8 nitrogen and oxygen atoms in total. The first kappa shape index (κ1) is 25.2. The van der Waals surface area contributed by atoms with Gasteiger partial charge < -0.3 is 20.5 Å². The summed E-state index contributed by atoms with van der Waals surface area (Å²) < 4.78 is 13.6. The third-order valence-corrected chi connectivity index (χ3v) is 5.65. The van der Waals surface area contributed by atoms with E-state index in [4.69, 9.17) is 4.99 Å². The number of guanidine groups is 1. The minimum absolute atomic E-state index is 0. The number of rotatable bonds is 8. The number of nitrogens with one attached hydrogen (secondary N) is 3. The zero-order valence-corrected chi connectivity index (χ0v) is 21.3. The molecule has 3 N–H and O–H groups in total. The molecule has 3 aromatic rings. The van der Waals surface area contributed by atoms with Gasteiger partial charge in [-0.2, -0.15) is 0 Å². The Balaban J connectivity index is 0.00000306. The number of aromatic nitrogens is 3. The molecule has 0 atom stereocenters. The molecule has 0 unspecified atom stereocenters. The molecule has 0 spiro atoms. The van der Waals surface area contributed by atoms with E-state index in [-0.39, 0.29) is 29.8 Å². The lowest BCUT2D eigenvalue weighted by molar-refractivity contribution is 0.263. The van der Waals surface area contributed by atoms with Gasteiger partial charge in [-0.1, -0.05) is 0 Å². The Hall–Kier alpha value is -2.47. The van der Waals surface area contributed by atoms with E-state index in [0.29, 0.717) is 0 Å². The molecule has 4 rings (SSSR count). The van der Waals surface area contributed by atoms with Crippen LogP contribution in [0, 0.1) is 5.82 Å². The number of benzene rings is 1. The second kappa shape index (κ2) is 12.7. The van der Waals surface area contributed by atoms with Crippen LogP contribution in [0.4, 0.5) is 10.3 Å². The van der Waals surface area contributed by atoms with Crippen LogP contribution in [0.2, 0.25) is 0 Å². The maximum atomic E-state index is 13.6. The van der Waals surface area contributed by atoms with Gasteiger partial charge in [0, 0.05) is 75.3 Å². The number of nitrogens with zero attached hydrogens (tertiary/aromatic N) is 5. The average Bonchev–Trinajstić information content (AvgIpc) is 3.22. The van der Waals surface area contributed by atoms with Crippen molar-refractivity contribution in [3.63, 3.8) is 0 Å². The van der Waals surface area contributed by atoms with Crippen LogP contribution in [0.1, 0.15) is 12.5 Å². The van der Waals surface area contributed by atoms with Crippen LogP contribution in [0.3, 0.4) is 0 Å². The van der Waals surface area contributed by atoms with Crippen molar-refractivity contribution in [1.29, 1.82) is 0 Å². The van der Waals surface area contributed by atoms with Crippen LogP contribution in [0.15, 0.2) is 47.8 Å². The van der Waals surface area contributed by atoms with Crippen LogP contribution in [0.25, 0.3) is 10.9 Å². The number of hydrogen-bond acceptors (Lipinski definition) is 5. The highest BCUT2D eigenvalue weighted by Crippen LogP contribution is 2.19. The van der Waals surface area contributed by atoms with Crippen molar-refractivity contribution >= 4 is 46.8 Å². The molecule has 10 heteroatoms. The van der Waals surface area contributed by atoms with E-state index < -0.39 is 0 Å². The monoisotopic (exact) mass is 566 g/mol. The third-order valence-electron chi connectivity index (χ3n) is 5.65. The molecule has 2 aromatic heterocycles. The van der Waals surface area contributed by atoms with Gasteiger partial charge >= 0.3 is 0 Å². The summed E-state index contributed by atoms with van der Waals surface area (Å²) >= 11 is 0. The van der Waals surface area contributed by atoms with Gasteiger partial charge in [0.15, 0.2) is 5.96 Å². The smallest absolute Gasteiger partial charge is 0.225 e. The molecule has 3 heterocycles. The van der Waals surface area contributed by atoms with E-state index in [1.807, 2.05) is 12.3 Å². The molecule has 1 saturated heterocycles. The predicted octanol–water partition coefficient (Wildman–Crippen LogP) is 2.63. The van der Waals surface area contributed by atoms with Crippen molar-refractivity contribution in [3.8, 4) is 0 Å². The molecule has 1 aromatic carbocycles. The van der Waals surface area contributed by atoms with Gasteiger partial charge in [-0.15, -0.1) is 24.0 Å². The van der Waals surface area contributed by atoms with E-state index in [2.05, 4.69) is 42.3 Å². The predicted molar refractivity (Wildman–Crippen MR) is 142 cm³/mol. The molecular formula is C23H32FIN8. The first-order valence-corrected chi connectivity index (χ1v) is 11.2. The van der Waals surface area contributed by atoms with Gasteiger partial charge in [-0.25, -0.2) is 14.4 Å². The Kier molecular flexibility index (Phi) is 9.67. The summed E-state index contributed by atoms with van der Waals surface area (Å²) in [6.45, 7) is 9.06. The molecular weight excluding hydrogens is 534 g/mol. The number of anilines is 1. The number of H-pyrrole nitrogens is 1. The van der Waals surface area contributed by atoms with Crippen molar-refractivity contribution in [1.82, 2.24) is 30.5 Å². The summed E-state index contributed by atoms with van der Waals surface area (Å²) in [6.07, 6.45) is 6.32. The molecule has 1 aliphatic heterocycles. The Morgan fingerprint density at radius 3 is 2.70 bits per heavy atom. The topological polar surface area (TPSA) is 84.5 Å². The highest BCUT2D eigenvalue weighted by molar-refractivity contribution is 14.0. The Bertz CT molecular complexity index is 1020. The quantitative estimate of drug-likeness (QED) is 0.221. The zero-order chi connectivity index (χ0) is 22.2. The van der Waals surface area contributed by atoms with Gasteiger partial charge in [0.1, 0.15) is 5.82 Å². The summed E-state index contributed by atoms with van der Waals surface area (Å²) in [4.78, 5) is 21.3. The van der Waals surface area contributed by atoms with Crippen LogP contribution in [-0.2, 0) is 6.42 Å². The number of halogens is 2. The maximum Gasteiger partial charge on any atom is 0.225 e. The fraction of sp³-hybridized carbons (Fsp3) is 0.435. The highest BCUT2D eigenvalue weighted by atomic mass is 127. The zero-order valence-electron chi connectivity index (χ0n) is 18.9. The molecule has 0 radical (unpaired) electrons. The number of aromatic amines is 1. The van der Waals surface area contributed by atoms with Crippen molar-refractivity contribution < 1.29 is 4.39 Å².